The van der Waals surface area contributed by atoms with Gasteiger partial charge in [0.15, 0.2) is 0 Å². The maximum atomic E-state index is 14.2. The van der Waals surface area contributed by atoms with E-state index >= 15 is 0 Å². The van der Waals surface area contributed by atoms with Crippen LogP contribution in [0.3, 0.4) is 0 Å². The Morgan fingerprint density at radius 2 is 2.22 bits per heavy atom. The summed E-state index contributed by atoms with van der Waals surface area (Å²) < 4.78 is 20.3. The molecule has 8 nitrogen and oxygen atoms in total. The van der Waals surface area contributed by atoms with Crippen molar-refractivity contribution in [2.24, 2.45) is 0 Å². The number of hydrogen-bond donors (Lipinski definition) is 4. The van der Waals surface area contributed by atoms with Gasteiger partial charge in [0.05, 0.1) is 17.7 Å². The molecular weight excluding hydrogens is 425 g/mol. The second kappa shape index (κ2) is 8.44. The van der Waals surface area contributed by atoms with Crippen molar-refractivity contribution >= 4 is 44.2 Å². The number of halogens is 2. The molecule has 10 heteroatoms. The highest BCUT2D eigenvalue weighted by molar-refractivity contribution is 9.10. The minimum absolute atomic E-state index is 0.135. The topological polar surface area (TPSA) is 117 Å². The van der Waals surface area contributed by atoms with Gasteiger partial charge in [-0.3, -0.25) is 14.6 Å². The quantitative estimate of drug-likeness (QED) is 0.417. The van der Waals surface area contributed by atoms with E-state index in [9.17, 15) is 14.3 Å². The number of benzene rings is 1. The number of hydroxylamine groups is 1. The second-order valence-corrected chi connectivity index (χ2v) is 6.42. The van der Waals surface area contributed by atoms with Gasteiger partial charge in [-0.25, -0.2) is 9.87 Å². The fourth-order valence-electron chi connectivity index (χ4n) is 2.25. The summed E-state index contributed by atoms with van der Waals surface area (Å²) in [6.07, 6.45) is 1.83. The van der Waals surface area contributed by atoms with Crippen molar-refractivity contribution in [1.82, 2.24) is 10.5 Å². The van der Waals surface area contributed by atoms with Crippen molar-refractivity contribution in [2.75, 3.05) is 18.5 Å². The second-order valence-electron chi connectivity index (χ2n) is 5.51. The van der Waals surface area contributed by atoms with Crippen molar-refractivity contribution in [3.63, 3.8) is 0 Å². The lowest BCUT2D eigenvalue weighted by Gasteiger charge is -2.10. The molecule has 2 aromatic heterocycles. The Labute approximate surface area is 161 Å². The van der Waals surface area contributed by atoms with Crippen LogP contribution in [0.2, 0.25) is 0 Å². The van der Waals surface area contributed by atoms with E-state index in [-0.39, 0.29) is 23.7 Å². The molecule has 0 aliphatic heterocycles. The number of aliphatic hydroxyl groups is 2. The standard InChI is InChI=1S/C17H15BrFN3O5/c18-9-1-2-13(12(19)5-9)21-15-11-6-20-4-3-14(11)27-16(15)17(25)22-26-8-10(24)7-23/h1-6,10,21,23-24H,7-8H2,(H,22,25). The van der Waals surface area contributed by atoms with Gasteiger partial charge in [-0.2, -0.15) is 0 Å². The van der Waals surface area contributed by atoms with Gasteiger partial charge >= 0.3 is 5.91 Å². The number of nitrogens with zero attached hydrogens (tertiary/aromatic N) is 1. The maximum absolute atomic E-state index is 14.2. The average molecular weight is 440 g/mol. The van der Waals surface area contributed by atoms with E-state index in [1.54, 1.807) is 12.1 Å². The highest BCUT2D eigenvalue weighted by Gasteiger charge is 2.22. The van der Waals surface area contributed by atoms with Crippen LogP contribution in [0.15, 0.2) is 45.5 Å². The third-order valence-electron chi connectivity index (χ3n) is 3.54. The van der Waals surface area contributed by atoms with Gasteiger partial charge in [0, 0.05) is 16.9 Å². The van der Waals surface area contributed by atoms with Crippen LogP contribution < -0.4 is 10.8 Å². The van der Waals surface area contributed by atoms with Crippen LogP contribution in [0.4, 0.5) is 15.8 Å². The van der Waals surface area contributed by atoms with Gasteiger partial charge < -0.3 is 19.9 Å². The molecule has 0 saturated carbocycles. The van der Waals surface area contributed by atoms with Gasteiger partial charge in [0.2, 0.25) is 5.76 Å². The molecule has 1 aromatic carbocycles. The van der Waals surface area contributed by atoms with Gasteiger partial charge in [0.25, 0.3) is 0 Å². The van der Waals surface area contributed by atoms with Crippen molar-refractivity contribution < 1.29 is 28.7 Å². The lowest BCUT2D eigenvalue weighted by molar-refractivity contribution is -0.0302. The summed E-state index contributed by atoms with van der Waals surface area (Å²) in [6, 6.07) is 5.99. The third kappa shape index (κ3) is 4.42. The van der Waals surface area contributed by atoms with Gasteiger partial charge in [0.1, 0.15) is 29.8 Å². The number of rotatable bonds is 7. The molecule has 3 rings (SSSR count). The molecular formula is C17H15BrFN3O5. The molecule has 0 radical (unpaired) electrons. The van der Waals surface area contributed by atoms with E-state index in [1.165, 1.54) is 24.5 Å². The van der Waals surface area contributed by atoms with E-state index in [4.69, 9.17) is 14.4 Å². The first-order valence-corrected chi connectivity index (χ1v) is 8.58. The number of amides is 1. The summed E-state index contributed by atoms with van der Waals surface area (Å²) >= 11 is 3.18. The molecule has 0 saturated heterocycles. The van der Waals surface area contributed by atoms with Crippen LogP contribution in [0.5, 0.6) is 0 Å². The Hall–Kier alpha value is -2.53. The molecule has 1 amide bonds. The lowest BCUT2D eigenvalue weighted by atomic mass is 10.2. The normalized spacial score (nSPS) is 12.1. The first-order chi connectivity index (χ1) is 13.0. The summed E-state index contributed by atoms with van der Waals surface area (Å²) in [6.45, 7) is -0.823. The third-order valence-corrected chi connectivity index (χ3v) is 4.03. The van der Waals surface area contributed by atoms with Crippen LogP contribution in [0.1, 0.15) is 10.6 Å². The van der Waals surface area contributed by atoms with E-state index in [1.807, 2.05) is 0 Å². The van der Waals surface area contributed by atoms with Gasteiger partial charge in [-0.15, -0.1) is 0 Å². The molecule has 4 N–H and O–H groups in total. The number of carbonyl (C=O) groups excluding carboxylic acids is 1. The molecule has 27 heavy (non-hydrogen) atoms. The van der Waals surface area contributed by atoms with E-state index < -0.39 is 24.4 Å². The average Bonchev–Trinajstić information content (AvgIpc) is 3.02. The molecule has 142 valence electrons. The lowest BCUT2D eigenvalue weighted by Crippen LogP contribution is -2.30. The molecule has 0 spiro atoms. The van der Waals surface area contributed by atoms with Crippen molar-refractivity contribution in [1.29, 1.82) is 0 Å². The molecule has 0 fully saturated rings. The summed E-state index contributed by atoms with van der Waals surface area (Å²) in [5.74, 6) is -1.44. The Bertz CT molecular complexity index is 965. The summed E-state index contributed by atoms with van der Waals surface area (Å²) in [7, 11) is 0. The number of anilines is 2. The number of fused-ring (bicyclic) bond motifs is 1. The molecule has 0 aliphatic carbocycles. The predicted molar refractivity (Wildman–Crippen MR) is 97.9 cm³/mol. The van der Waals surface area contributed by atoms with Crippen molar-refractivity contribution in [2.45, 2.75) is 6.10 Å². The molecule has 2 heterocycles. The van der Waals surface area contributed by atoms with Gasteiger partial charge in [-0.05, 0) is 24.3 Å². The van der Waals surface area contributed by atoms with Crippen molar-refractivity contribution in [3.8, 4) is 0 Å². The predicted octanol–water partition coefficient (Wildman–Crippen LogP) is 2.49. The number of nitrogens with one attached hydrogen (secondary N) is 2. The first-order valence-electron chi connectivity index (χ1n) is 7.79. The zero-order valence-electron chi connectivity index (χ0n) is 13.8. The largest absolute Gasteiger partial charge is 0.448 e. The van der Waals surface area contributed by atoms with Crippen LogP contribution in [0, 0.1) is 5.82 Å². The minimum Gasteiger partial charge on any atom is -0.448 e. The highest BCUT2D eigenvalue weighted by Crippen LogP contribution is 2.34. The Balaban J connectivity index is 1.90. The molecule has 3 aromatic rings. The summed E-state index contributed by atoms with van der Waals surface area (Å²) in [5.41, 5.74) is 2.82. The van der Waals surface area contributed by atoms with Crippen LogP contribution in [-0.4, -0.2) is 40.4 Å². The van der Waals surface area contributed by atoms with E-state index in [0.29, 0.717) is 15.4 Å². The zero-order valence-corrected chi connectivity index (χ0v) is 15.4. The Morgan fingerprint density at radius 3 is 2.96 bits per heavy atom. The number of pyridine rings is 1. The van der Waals surface area contributed by atoms with Gasteiger partial charge in [-0.1, -0.05) is 15.9 Å². The van der Waals surface area contributed by atoms with Crippen LogP contribution in [0.25, 0.3) is 11.0 Å². The molecule has 0 bridgehead atoms. The number of aromatic nitrogens is 1. The molecule has 0 aliphatic rings. The Kier molecular flexibility index (Phi) is 6.01. The summed E-state index contributed by atoms with van der Waals surface area (Å²) in [4.78, 5) is 21.2. The van der Waals surface area contributed by atoms with Crippen LogP contribution >= 0.6 is 15.9 Å². The fourth-order valence-corrected chi connectivity index (χ4v) is 2.59. The number of aliphatic hydroxyl groups excluding tert-OH is 2. The van der Waals surface area contributed by atoms with Crippen LogP contribution in [-0.2, 0) is 4.84 Å². The number of carbonyl (C=O) groups is 1. The maximum Gasteiger partial charge on any atom is 0.312 e. The highest BCUT2D eigenvalue weighted by atomic mass is 79.9. The number of hydrogen-bond acceptors (Lipinski definition) is 7. The summed E-state index contributed by atoms with van der Waals surface area (Å²) in [5, 5.41) is 21.3. The smallest absolute Gasteiger partial charge is 0.312 e. The SMILES string of the molecule is O=C(NOCC(O)CO)c1oc2ccncc2c1Nc1ccc(Br)cc1F. The van der Waals surface area contributed by atoms with E-state index in [2.05, 4.69) is 31.7 Å². The first kappa shape index (κ1) is 19.2. The fraction of sp³-hybridized carbons (Fsp3) is 0.176. The Morgan fingerprint density at radius 1 is 1.41 bits per heavy atom. The zero-order chi connectivity index (χ0) is 19.4. The molecule has 1 atom stereocenters. The van der Waals surface area contributed by atoms with E-state index in [0.717, 1.165) is 0 Å². The minimum atomic E-state index is -1.14. The monoisotopic (exact) mass is 439 g/mol. The number of furan rings is 1. The van der Waals surface area contributed by atoms with Crippen molar-refractivity contribution in [3.05, 3.63) is 52.7 Å². The molecule has 1 unspecified atom stereocenters.